The number of aromatic hydroxyl groups is 1. The number of anilines is 1. The van der Waals surface area contributed by atoms with Gasteiger partial charge in [0.05, 0.1) is 6.21 Å². The molecule has 1 aromatic carbocycles. The maximum Gasteiger partial charge on any atom is 0.252 e. The molecule has 138 valence electrons. The van der Waals surface area contributed by atoms with Gasteiger partial charge >= 0.3 is 0 Å². The molecule has 1 heterocycles. The van der Waals surface area contributed by atoms with Crippen LogP contribution in [-0.4, -0.2) is 16.3 Å². The van der Waals surface area contributed by atoms with Crippen molar-refractivity contribution in [2.75, 3.05) is 5.43 Å². The lowest BCUT2D eigenvalue weighted by atomic mass is 9.78. The molecule has 1 aromatic heterocycles. The van der Waals surface area contributed by atoms with Crippen LogP contribution in [0.5, 0.6) is 5.75 Å². The smallest absolute Gasteiger partial charge is 0.252 e. The second-order valence-electron chi connectivity index (χ2n) is 8.36. The summed E-state index contributed by atoms with van der Waals surface area (Å²) in [5.74, 6) is 0.939. The minimum atomic E-state index is -0.211. The van der Waals surface area contributed by atoms with E-state index < -0.39 is 0 Å². The summed E-state index contributed by atoms with van der Waals surface area (Å²) in [5, 5.41) is 23.9. The van der Waals surface area contributed by atoms with Gasteiger partial charge in [0.2, 0.25) is 5.69 Å². The van der Waals surface area contributed by atoms with Crippen molar-refractivity contribution >= 4 is 12.1 Å². The van der Waals surface area contributed by atoms with E-state index in [2.05, 4.69) is 57.1 Å². The summed E-state index contributed by atoms with van der Waals surface area (Å²) in [6, 6.07) is 5.80. The van der Waals surface area contributed by atoms with Gasteiger partial charge in [0.1, 0.15) is 11.8 Å². The number of hydrogen-bond donors (Lipinski definition) is 2. The van der Waals surface area contributed by atoms with Gasteiger partial charge in [-0.15, -0.1) is 0 Å². The van der Waals surface area contributed by atoms with Crippen LogP contribution >= 0.6 is 0 Å². The number of oxazole rings is 1. The van der Waals surface area contributed by atoms with E-state index in [0.717, 1.165) is 16.7 Å². The molecule has 0 saturated heterocycles. The van der Waals surface area contributed by atoms with Crippen LogP contribution in [-0.2, 0) is 10.8 Å². The van der Waals surface area contributed by atoms with Gasteiger partial charge in [-0.25, -0.2) is 10.4 Å². The lowest BCUT2D eigenvalue weighted by Crippen LogP contribution is -2.17. The first-order valence-electron chi connectivity index (χ1n) is 8.48. The van der Waals surface area contributed by atoms with Crippen LogP contribution in [0.3, 0.4) is 0 Å². The molecular weight excluding hydrogens is 328 g/mol. The number of aryl methyl sites for hydroxylation is 1. The second kappa shape index (κ2) is 6.83. The van der Waals surface area contributed by atoms with Crippen LogP contribution in [0.1, 0.15) is 69.8 Å². The number of phenolic OH excluding ortho intramolecular Hbond substituents is 1. The molecule has 0 aliphatic carbocycles. The van der Waals surface area contributed by atoms with E-state index in [1.165, 1.54) is 0 Å². The fourth-order valence-electron chi connectivity index (χ4n) is 2.62. The Balaban J connectivity index is 2.41. The maximum atomic E-state index is 10.7. The van der Waals surface area contributed by atoms with Gasteiger partial charge in [0, 0.05) is 18.1 Å². The Morgan fingerprint density at radius 2 is 1.69 bits per heavy atom. The number of hydrazone groups is 1. The highest BCUT2D eigenvalue weighted by Crippen LogP contribution is 2.39. The number of hydrogen-bond acceptors (Lipinski definition) is 6. The fraction of sp³-hybridized carbons (Fsp3) is 0.450. The Bertz CT molecular complexity index is 840. The Hall–Kier alpha value is -2.81. The number of nitrogens with zero attached hydrogens (tertiary/aromatic N) is 3. The summed E-state index contributed by atoms with van der Waals surface area (Å²) in [5.41, 5.74) is 5.03. The van der Waals surface area contributed by atoms with Crippen LogP contribution in [0.15, 0.2) is 21.7 Å². The van der Waals surface area contributed by atoms with Crippen molar-refractivity contribution in [1.82, 2.24) is 4.98 Å². The molecule has 6 nitrogen and oxygen atoms in total. The fourth-order valence-corrected chi connectivity index (χ4v) is 2.62. The monoisotopic (exact) mass is 354 g/mol. The van der Waals surface area contributed by atoms with Crippen molar-refractivity contribution in [3.63, 3.8) is 0 Å². The third-order valence-electron chi connectivity index (χ3n) is 3.97. The Morgan fingerprint density at radius 3 is 2.15 bits per heavy atom. The predicted octanol–water partition coefficient (Wildman–Crippen LogP) is 4.60. The molecule has 0 atom stereocenters. The van der Waals surface area contributed by atoms with E-state index in [1.54, 1.807) is 13.1 Å². The molecule has 0 unspecified atom stereocenters. The minimum absolute atomic E-state index is 0.163. The lowest BCUT2D eigenvalue weighted by Gasteiger charge is -2.27. The lowest BCUT2D eigenvalue weighted by molar-refractivity contribution is 0.423. The summed E-state index contributed by atoms with van der Waals surface area (Å²) in [6.07, 6.45) is 1.64. The zero-order valence-electron chi connectivity index (χ0n) is 16.4. The van der Waals surface area contributed by atoms with Crippen LogP contribution in [0.2, 0.25) is 0 Å². The van der Waals surface area contributed by atoms with E-state index in [1.807, 2.05) is 18.2 Å². The van der Waals surface area contributed by atoms with Crippen molar-refractivity contribution in [3.05, 3.63) is 40.4 Å². The molecule has 0 fully saturated rings. The molecule has 2 N–H and O–H groups in total. The number of aromatic nitrogens is 1. The van der Waals surface area contributed by atoms with Crippen molar-refractivity contribution in [1.29, 1.82) is 5.26 Å². The molecule has 2 rings (SSSR count). The molecule has 0 bridgehead atoms. The average Bonchev–Trinajstić information content (AvgIpc) is 2.86. The highest BCUT2D eigenvalue weighted by Gasteiger charge is 2.26. The number of phenols is 1. The molecule has 0 spiro atoms. The second-order valence-corrected chi connectivity index (χ2v) is 8.36. The molecule has 6 heteroatoms. The number of nitrogens with one attached hydrogen (secondary N) is 1. The highest BCUT2D eigenvalue weighted by atomic mass is 16.4. The Morgan fingerprint density at radius 1 is 1.15 bits per heavy atom. The van der Waals surface area contributed by atoms with Gasteiger partial charge in [-0.05, 0) is 28.5 Å². The Kier molecular flexibility index (Phi) is 5.13. The van der Waals surface area contributed by atoms with Gasteiger partial charge in [-0.1, -0.05) is 41.5 Å². The first kappa shape index (κ1) is 19.5. The predicted molar refractivity (Wildman–Crippen MR) is 103 cm³/mol. The zero-order valence-corrected chi connectivity index (χ0v) is 16.4. The average molecular weight is 354 g/mol. The summed E-state index contributed by atoms with van der Waals surface area (Å²) in [4.78, 5) is 3.96. The van der Waals surface area contributed by atoms with E-state index in [0.29, 0.717) is 11.6 Å². The van der Waals surface area contributed by atoms with Gasteiger partial charge in [0.25, 0.3) is 5.88 Å². The Labute approximate surface area is 154 Å². The largest absolute Gasteiger partial charge is 0.507 e. The molecule has 0 aliphatic heterocycles. The van der Waals surface area contributed by atoms with E-state index in [-0.39, 0.29) is 22.4 Å². The summed E-state index contributed by atoms with van der Waals surface area (Å²) < 4.78 is 5.32. The molecule has 0 amide bonds. The third-order valence-corrected chi connectivity index (χ3v) is 3.97. The molecule has 2 aromatic rings. The molecule has 26 heavy (non-hydrogen) atoms. The van der Waals surface area contributed by atoms with Gasteiger partial charge in [-0.3, -0.25) is 0 Å². The highest BCUT2D eigenvalue weighted by molar-refractivity contribution is 5.82. The van der Waals surface area contributed by atoms with E-state index in [9.17, 15) is 5.11 Å². The topological polar surface area (TPSA) is 94.4 Å². The first-order chi connectivity index (χ1) is 11.9. The van der Waals surface area contributed by atoms with Gasteiger partial charge < -0.3 is 9.52 Å². The van der Waals surface area contributed by atoms with Crippen LogP contribution < -0.4 is 5.43 Å². The van der Waals surface area contributed by atoms with Crippen molar-refractivity contribution in [2.45, 2.75) is 59.3 Å². The first-order valence-corrected chi connectivity index (χ1v) is 8.48. The van der Waals surface area contributed by atoms with Crippen molar-refractivity contribution < 1.29 is 9.52 Å². The SMILES string of the molecule is Cc1nc(C#N)c(NN=Cc2cc(C(C)(C)C)c(O)c(C(C)(C)C)c2)o1. The van der Waals surface area contributed by atoms with Gasteiger partial charge in [0.15, 0.2) is 5.89 Å². The quantitative estimate of drug-likeness (QED) is 0.620. The number of rotatable bonds is 3. The number of benzene rings is 1. The molecular formula is C20H26N4O2. The van der Waals surface area contributed by atoms with Gasteiger partial charge in [-0.2, -0.15) is 10.4 Å². The molecule has 0 saturated carbocycles. The normalized spacial score (nSPS) is 12.4. The minimum Gasteiger partial charge on any atom is -0.507 e. The standard InChI is InChI=1S/C20H26N4O2/c1-12-23-16(10-21)18(26-12)24-22-11-13-8-14(19(2,3)4)17(25)15(9-13)20(5,6)7/h8-9,11,24-25H,1-7H3. The van der Waals surface area contributed by atoms with Crippen LogP contribution in [0.25, 0.3) is 0 Å². The van der Waals surface area contributed by atoms with Crippen LogP contribution in [0.4, 0.5) is 5.88 Å². The zero-order chi connectivity index (χ0) is 19.7. The molecule has 0 radical (unpaired) electrons. The molecule has 0 aliphatic rings. The summed E-state index contributed by atoms with van der Waals surface area (Å²) in [6.45, 7) is 14.0. The summed E-state index contributed by atoms with van der Waals surface area (Å²) in [7, 11) is 0. The van der Waals surface area contributed by atoms with E-state index >= 15 is 0 Å². The maximum absolute atomic E-state index is 10.7. The number of nitriles is 1. The van der Waals surface area contributed by atoms with Crippen molar-refractivity contribution in [2.24, 2.45) is 5.10 Å². The van der Waals surface area contributed by atoms with E-state index in [4.69, 9.17) is 9.68 Å². The van der Waals surface area contributed by atoms with Crippen LogP contribution in [0, 0.1) is 18.3 Å². The van der Waals surface area contributed by atoms with Crippen molar-refractivity contribution in [3.8, 4) is 11.8 Å². The third kappa shape index (κ3) is 4.23. The summed E-state index contributed by atoms with van der Waals surface area (Å²) >= 11 is 0.